The molecule has 6 heteroatoms. The molecular weight excluding hydrogens is 408 g/mol. The number of morpholine rings is 1. The van der Waals surface area contributed by atoms with E-state index in [4.69, 9.17) is 4.74 Å². The van der Waals surface area contributed by atoms with Gasteiger partial charge in [0.25, 0.3) is 0 Å². The zero-order valence-corrected chi connectivity index (χ0v) is 18.9. The van der Waals surface area contributed by atoms with Crippen molar-refractivity contribution >= 4 is 26.3 Å². The van der Waals surface area contributed by atoms with Crippen LogP contribution in [0.2, 0.25) is 0 Å². The SMILES string of the molecule is CN1Cc2cc(N3CCOCC3)ccc2C(c2ccc3cc(S(C)(=O)=O)ccc3c2)C1. The topological polar surface area (TPSA) is 49.9 Å². The number of nitrogens with zero attached hydrogens (tertiary/aromatic N) is 2. The first-order valence-electron chi connectivity index (χ1n) is 10.8. The average Bonchev–Trinajstić information content (AvgIpc) is 2.77. The van der Waals surface area contributed by atoms with Gasteiger partial charge in [0.2, 0.25) is 0 Å². The molecular formula is C25H28N2O3S. The summed E-state index contributed by atoms with van der Waals surface area (Å²) < 4.78 is 29.3. The molecule has 0 bridgehead atoms. The number of sulfone groups is 1. The molecule has 1 saturated heterocycles. The van der Waals surface area contributed by atoms with Gasteiger partial charge >= 0.3 is 0 Å². The van der Waals surface area contributed by atoms with Gasteiger partial charge in [0.15, 0.2) is 9.84 Å². The van der Waals surface area contributed by atoms with Gasteiger partial charge in [-0.05, 0) is 58.8 Å². The molecule has 0 aromatic heterocycles. The van der Waals surface area contributed by atoms with Crippen molar-refractivity contribution in [2.75, 3.05) is 51.1 Å². The van der Waals surface area contributed by atoms with E-state index in [0.29, 0.717) is 10.8 Å². The Hall–Kier alpha value is -2.41. The zero-order chi connectivity index (χ0) is 21.6. The third-order valence-corrected chi connectivity index (χ3v) is 7.59. The van der Waals surface area contributed by atoms with E-state index in [1.807, 2.05) is 6.07 Å². The molecule has 162 valence electrons. The first-order valence-corrected chi connectivity index (χ1v) is 12.7. The lowest BCUT2D eigenvalue weighted by Gasteiger charge is -2.35. The average molecular weight is 437 g/mol. The number of fused-ring (bicyclic) bond motifs is 2. The summed E-state index contributed by atoms with van der Waals surface area (Å²) >= 11 is 0. The van der Waals surface area contributed by atoms with Crippen LogP contribution in [0.25, 0.3) is 10.8 Å². The molecule has 31 heavy (non-hydrogen) atoms. The Morgan fingerprint density at radius 2 is 1.68 bits per heavy atom. The Bertz CT molecular complexity index is 1230. The normalized spacial score (nSPS) is 20.1. The molecule has 1 unspecified atom stereocenters. The zero-order valence-electron chi connectivity index (χ0n) is 18.0. The summed E-state index contributed by atoms with van der Waals surface area (Å²) in [6.07, 6.45) is 1.25. The molecule has 1 atom stereocenters. The molecule has 1 fully saturated rings. The summed E-state index contributed by atoms with van der Waals surface area (Å²) in [5.41, 5.74) is 5.33. The van der Waals surface area contributed by atoms with Crippen molar-refractivity contribution in [2.24, 2.45) is 0 Å². The largest absolute Gasteiger partial charge is 0.378 e. The summed E-state index contributed by atoms with van der Waals surface area (Å²) in [5, 5.41) is 2.03. The van der Waals surface area contributed by atoms with Gasteiger partial charge in [-0.1, -0.05) is 30.3 Å². The molecule has 3 aromatic rings. The van der Waals surface area contributed by atoms with Crippen LogP contribution in [0.4, 0.5) is 5.69 Å². The standard InChI is InChI=1S/C25H28N2O3S/c1-26-16-21-14-22(27-9-11-30-12-10-27)6-8-24(21)25(17-26)20-4-3-19-15-23(31(2,28)29)7-5-18(19)13-20/h3-8,13-15,25H,9-12,16-17H2,1-2H3. The van der Waals surface area contributed by atoms with Gasteiger partial charge in [-0.2, -0.15) is 0 Å². The molecule has 0 spiro atoms. The maximum atomic E-state index is 11.9. The molecule has 2 aliphatic heterocycles. The highest BCUT2D eigenvalue weighted by molar-refractivity contribution is 7.90. The van der Waals surface area contributed by atoms with Crippen molar-refractivity contribution in [1.82, 2.24) is 4.90 Å². The van der Waals surface area contributed by atoms with Crippen molar-refractivity contribution in [3.05, 3.63) is 71.3 Å². The van der Waals surface area contributed by atoms with Crippen molar-refractivity contribution in [3.63, 3.8) is 0 Å². The van der Waals surface area contributed by atoms with Crippen LogP contribution in [0.5, 0.6) is 0 Å². The van der Waals surface area contributed by atoms with Gasteiger partial charge in [-0.3, -0.25) is 0 Å². The third-order valence-electron chi connectivity index (χ3n) is 6.48. The van der Waals surface area contributed by atoms with E-state index in [-0.39, 0.29) is 0 Å². The molecule has 2 heterocycles. The molecule has 0 radical (unpaired) electrons. The Morgan fingerprint density at radius 1 is 0.935 bits per heavy atom. The van der Waals surface area contributed by atoms with Gasteiger partial charge < -0.3 is 14.5 Å². The van der Waals surface area contributed by atoms with E-state index in [0.717, 1.165) is 50.2 Å². The fourth-order valence-corrected chi connectivity index (χ4v) is 5.48. The second-order valence-electron chi connectivity index (χ2n) is 8.77. The Morgan fingerprint density at radius 3 is 2.45 bits per heavy atom. The lowest BCUT2D eigenvalue weighted by atomic mass is 9.84. The van der Waals surface area contributed by atoms with Crippen molar-refractivity contribution in [3.8, 4) is 0 Å². The van der Waals surface area contributed by atoms with Gasteiger partial charge in [-0.15, -0.1) is 0 Å². The minimum atomic E-state index is -3.20. The Kier molecular flexibility index (Phi) is 5.24. The van der Waals surface area contributed by atoms with E-state index in [1.165, 1.54) is 28.6 Å². The van der Waals surface area contributed by atoms with E-state index in [9.17, 15) is 8.42 Å². The summed E-state index contributed by atoms with van der Waals surface area (Å²) in [7, 11) is -1.03. The van der Waals surface area contributed by atoms with E-state index in [1.54, 1.807) is 12.1 Å². The first-order chi connectivity index (χ1) is 14.9. The van der Waals surface area contributed by atoms with E-state index < -0.39 is 9.84 Å². The molecule has 0 aliphatic carbocycles. The summed E-state index contributed by atoms with van der Waals surface area (Å²) in [5.74, 6) is 0.298. The second kappa shape index (κ2) is 7.93. The van der Waals surface area contributed by atoms with Crippen LogP contribution in [0.15, 0.2) is 59.5 Å². The third kappa shape index (κ3) is 4.07. The van der Waals surface area contributed by atoms with Gasteiger partial charge in [-0.25, -0.2) is 8.42 Å². The molecule has 5 rings (SSSR count). The summed E-state index contributed by atoms with van der Waals surface area (Å²) in [6.45, 7) is 5.39. The van der Waals surface area contributed by atoms with Crippen LogP contribution in [-0.2, 0) is 21.1 Å². The molecule has 0 amide bonds. The van der Waals surface area contributed by atoms with Crippen LogP contribution in [0.3, 0.4) is 0 Å². The fourth-order valence-electron chi connectivity index (χ4n) is 4.83. The number of anilines is 1. The number of ether oxygens (including phenoxy) is 1. The number of benzene rings is 3. The number of hydrogen-bond donors (Lipinski definition) is 0. The lowest BCUT2D eigenvalue weighted by molar-refractivity contribution is 0.122. The van der Waals surface area contributed by atoms with Crippen LogP contribution < -0.4 is 4.90 Å². The maximum Gasteiger partial charge on any atom is 0.175 e. The quantitative estimate of drug-likeness (QED) is 0.627. The highest BCUT2D eigenvalue weighted by atomic mass is 32.2. The molecule has 5 nitrogen and oxygen atoms in total. The number of hydrogen-bond acceptors (Lipinski definition) is 5. The predicted octanol–water partition coefficient (Wildman–Crippen LogP) is 3.66. The number of likely N-dealkylation sites (N-methyl/N-ethyl adjacent to an activating group) is 1. The smallest absolute Gasteiger partial charge is 0.175 e. The minimum absolute atomic E-state index is 0.298. The second-order valence-corrected chi connectivity index (χ2v) is 10.8. The van der Waals surface area contributed by atoms with Crippen LogP contribution in [0, 0.1) is 0 Å². The highest BCUT2D eigenvalue weighted by Gasteiger charge is 2.26. The van der Waals surface area contributed by atoms with Gasteiger partial charge in [0.05, 0.1) is 18.1 Å². The summed E-state index contributed by atoms with van der Waals surface area (Å²) in [6, 6.07) is 18.7. The highest BCUT2D eigenvalue weighted by Crippen LogP contribution is 2.36. The van der Waals surface area contributed by atoms with E-state index in [2.05, 4.69) is 53.2 Å². The minimum Gasteiger partial charge on any atom is -0.378 e. The van der Waals surface area contributed by atoms with Crippen LogP contribution >= 0.6 is 0 Å². The van der Waals surface area contributed by atoms with Crippen molar-refractivity contribution < 1.29 is 13.2 Å². The maximum absolute atomic E-state index is 11.9. The van der Waals surface area contributed by atoms with Crippen LogP contribution in [0.1, 0.15) is 22.6 Å². The number of rotatable bonds is 3. The monoisotopic (exact) mass is 436 g/mol. The lowest BCUT2D eigenvalue weighted by Crippen LogP contribution is -2.36. The van der Waals surface area contributed by atoms with Crippen molar-refractivity contribution in [2.45, 2.75) is 17.4 Å². The van der Waals surface area contributed by atoms with Crippen molar-refractivity contribution in [1.29, 1.82) is 0 Å². The van der Waals surface area contributed by atoms with Crippen LogP contribution in [-0.4, -0.2) is 59.5 Å². The van der Waals surface area contributed by atoms with Gasteiger partial charge in [0.1, 0.15) is 0 Å². The first kappa shape index (κ1) is 20.5. The van der Waals surface area contributed by atoms with Gasteiger partial charge in [0, 0.05) is 44.0 Å². The molecule has 2 aliphatic rings. The molecule has 3 aromatic carbocycles. The molecule has 0 saturated carbocycles. The predicted molar refractivity (Wildman–Crippen MR) is 125 cm³/mol. The summed E-state index contributed by atoms with van der Waals surface area (Å²) in [4.78, 5) is 5.15. The Balaban J connectivity index is 1.51. The Labute approximate surface area is 184 Å². The van der Waals surface area contributed by atoms with E-state index >= 15 is 0 Å². The fraction of sp³-hybridized carbons (Fsp3) is 0.360. The molecule has 0 N–H and O–H groups in total.